The molecule has 0 unspecified atom stereocenters. The molecule has 1 aromatic carbocycles. The number of H-pyrrole nitrogens is 2. The highest BCUT2D eigenvalue weighted by Crippen LogP contribution is 2.30. The number of fused-ring (bicyclic) bond motifs is 2. The lowest BCUT2D eigenvalue weighted by Crippen LogP contribution is -2.24. The highest BCUT2D eigenvalue weighted by atomic mass is 16.1. The second kappa shape index (κ2) is 8.16. The molecule has 0 bridgehead atoms. The Morgan fingerprint density at radius 3 is 2.73 bits per heavy atom. The molecule has 5 aromatic rings. The third kappa shape index (κ3) is 3.75. The fourth-order valence-electron chi connectivity index (χ4n) is 4.71. The second-order valence-corrected chi connectivity index (χ2v) is 8.72. The number of rotatable bonds is 4. The molecule has 1 saturated carbocycles. The van der Waals surface area contributed by atoms with Gasteiger partial charge < -0.3 is 10.3 Å². The molecule has 0 aliphatic heterocycles. The van der Waals surface area contributed by atoms with Crippen LogP contribution >= 0.6 is 0 Å². The first-order chi connectivity index (χ1) is 16.2. The van der Waals surface area contributed by atoms with Gasteiger partial charge >= 0.3 is 0 Å². The van der Waals surface area contributed by atoms with Crippen LogP contribution in [-0.2, 0) is 4.79 Å². The lowest BCUT2D eigenvalue weighted by Gasteiger charge is -2.20. The standard InChI is InChI=1S/C26H24N6O/c33-26(16-6-2-1-3-7-16)28-19-12-18(14-27-15-19)21-10-11-22-24(30-21)25(32-31-22)23-13-17-8-4-5-9-20(17)29-23/h4-5,8-16,29H,1-3,6-7H2,(H,28,33)(H,31,32). The minimum atomic E-state index is 0.0907. The summed E-state index contributed by atoms with van der Waals surface area (Å²) in [6.45, 7) is 0. The van der Waals surface area contributed by atoms with E-state index in [2.05, 4.69) is 37.6 Å². The van der Waals surface area contributed by atoms with Gasteiger partial charge in [-0.25, -0.2) is 4.98 Å². The van der Waals surface area contributed by atoms with Gasteiger partial charge in [-0.3, -0.25) is 14.9 Å². The average Bonchev–Trinajstić information content (AvgIpc) is 3.48. The van der Waals surface area contributed by atoms with Crippen molar-refractivity contribution in [1.82, 2.24) is 25.1 Å². The van der Waals surface area contributed by atoms with Gasteiger partial charge in [0.05, 0.1) is 28.8 Å². The highest BCUT2D eigenvalue weighted by Gasteiger charge is 2.21. The fraction of sp³-hybridized carbons (Fsp3) is 0.231. The minimum Gasteiger partial charge on any atom is -0.353 e. The molecule has 1 amide bonds. The van der Waals surface area contributed by atoms with Gasteiger partial charge in [-0.05, 0) is 43.2 Å². The number of benzene rings is 1. The fourth-order valence-corrected chi connectivity index (χ4v) is 4.71. The van der Waals surface area contributed by atoms with E-state index in [-0.39, 0.29) is 11.8 Å². The van der Waals surface area contributed by atoms with E-state index >= 15 is 0 Å². The normalized spacial score (nSPS) is 14.7. The number of para-hydroxylation sites is 1. The van der Waals surface area contributed by atoms with Crippen LogP contribution in [0.15, 0.2) is 60.9 Å². The van der Waals surface area contributed by atoms with Gasteiger partial charge in [-0.1, -0.05) is 37.5 Å². The number of nitrogens with one attached hydrogen (secondary N) is 3. The molecule has 0 radical (unpaired) electrons. The molecule has 164 valence electrons. The van der Waals surface area contributed by atoms with Crippen LogP contribution in [0.3, 0.4) is 0 Å². The number of anilines is 1. The van der Waals surface area contributed by atoms with E-state index in [1.165, 1.54) is 6.42 Å². The number of aromatic amines is 2. The van der Waals surface area contributed by atoms with E-state index in [4.69, 9.17) is 4.98 Å². The maximum absolute atomic E-state index is 12.7. The Labute approximate surface area is 190 Å². The van der Waals surface area contributed by atoms with Crippen LogP contribution in [0.5, 0.6) is 0 Å². The summed E-state index contributed by atoms with van der Waals surface area (Å²) in [6.07, 6.45) is 8.88. The zero-order chi connectivity index (χ0) is 22.2. The maximum atomic E-state index is 12.7. The molecule has 1 fully saturated rings. The van der Waals surface area contributed by atoms with Gasteiger partial charge in [-0.15, -0.1) is 0 Å². The molecule has 0 atom stereocenters. The summed E-state index contributed by atoms with van der Waals surface area (Å²) in [5.74, 6) is 0.190. The second-order valence-electron chi connectivity index (χ2n) is 8.72. The summed E-state index contributed by atoms with van der Waals surface area (Å²) < 4.78 is 0. The number of aromatic nitrogens is 5. The van der Waals surface area contributed by atoms with Gasteiger partial charge in [-0.2, -0.15) is 5.10 Å². The lowest BCUT2D eigenvalue weighted by molar-refractivity contribution is -0.120. The largest absolute Gasteiger partial charge is 0.353 e. The SMILES string of the molecule is O=C(Nc1cncc(-c2ccc3[nH]nc(-c4cc5ccccc5[nH]4)c3n2)c1)C1CCCCC1. The first-order valence-corrected chi connectivity index (χ1v) is 11.4. The van der Waals surface area contributed by atoms with Crippen LogP contribution in [0.25, 0.3) is 44.6 Å². The summed E-state index contributed by atoms with van der Waals surface area (Å²) in [7, 11) is 0. The number of pyridine rings is 2. The Balaban J connectivity index is 1.32. The van der Waals surface area contributed by atoms with E-state index in [1.54, 1.807) is 12.4 Å². The van der Waals surface area contributed by atoms with Crippen molar-refractivity contribution >= 4 is 33.5 Å². The van der Waals surface area contributed by atoms with E-state index < -0.39 is 0 Å². The summed E-state index contributed by atoms with van der Waals surface area (Å²) >= 11 is 0. The molecule has 6 rings (SSSR count). The van der Waals surface area contributed by atoms with E-state index in [0.717, 1.165) is 70.3 Å². The molecule has 4 heterocycles. The number of carbonyl (C=O) groups excluding carboxylic acids is 1. The Bertz CT molecular complexity index is 1430. The predicted molar refractivity (Wildman–Crippen MR) is 130 cm³/mol. The molecule has 0 saturated heterocycles. The Morgan fingerprint density at radius 1 is 0.970 bits per heavy atom. The van der Waals surface area contributed by atoms with Crippen molar-refractivity contribution in [3.05, 3.63) is 60.9 Å². The average molecular weight is 437 g/mol. The molecular formula is C26H24N6O. The van der Waals surface area contributed by atoms with Crippen molar-refractivity contribution in [3.8, 4) is 22.6 Å². The summed E-state index contributed by atoms with van der Waals surface area (Å²) in [5.41, 5.74) is 6.73. The van der Waals surface area contributed by atoms with E-state index in [9.17, 15) is 4.79 Å². The van der Waals surface area contributed by atoms with Crippen molar-refractivity contribution in [2.24, 2.45) is 5.92 Å². The van der Waals surface area contributed by atoms with Crippen molar-refractivity contribution in [2.45, 2.75) is 32.1 Å². The molecule has 4 aromatic heterocycles. The monoisotopic (exact) mass is 436 g/mol. The van der Waals surface area contributed by atoms with Crippen LogP contribution in [0, 0.1) is 5.92 Å². The zero-order valence-corrected chi connectivity index (χ0v) is 18.1. The van der Waals surface area contributed by atoms with Crippen molar-refractivity contribution in [1.29, 1.82) is 0 Å². The number of amides is 1. The van der Waals surface area contributed by atoms with Crippen LogP contribution < -0.4 is 5.32 Å². The van der Waals surface area contributed by atoms with Crippen LogP contribution in [0.2, 0.25) is 0 Å². The molecule has 1 aliphatic carbocycles. The molecule has 33 heavy (non-hydrogen) atoms. The first-order valence-electron chi connectivity index (χ1n) is 11.4. The number of nitrogens with zero attached hydrogens (tertiary/aromatic N) is 3. The van der Waals surface area contributed by atoms with Gasteiger partial charge in [0, 0.05) is 28.6 Å². The molecule has 3 N–H and O–H groups in total. The minimum absolute atomic E-state index is 0.0907. The van der Waals surface area contributed by atoms with Gasteiger partial charge in [0.1, 0.15) is 11.2 Å². The Kier molecular flexibility index (Phi) is 4.87. The molecule has 7 heteroatoms. The van der Waals surface area contributed by atoms with Gasteiger partial charge in [0.25, 0.3) is 0 Å². The molecule has 1 aliphatic rings. The first kappa shape index (κ1) is 19.7. The van der Waals surface area contributed by atoms with E-state index in [0.29, 0.717) is 5.69 Å². The van der Waals surface area contributed by atoms with Crippen LogP contribution in [-0.4, -0.2) is 31.1 Å². The van der Waals surface area contributed by atoms with E-state index in [1.807, 2.05) is 36.4 Å². The third-order valence-corrected chi connectivity index (χ3v) is 6.47. The quantitative estimate of drug-likeness (QED) is 0.337. The van der Waals surface area contributed by atoms with Crippen LogP contribution in [0.4, 0.5) is 5.69 Å². The topological polar surface area (TPSA) is 99.4 Å². The maximum Gasteiger partial charge on any atom is 0.227 e. The summed E-state index contributed by atoms with van der Waals surface area (Å²) in [4.78, 5) is 25.3. The van der Waals surface area contributed by atoms with Gasteiger partial charge in [0.15, 0.2) is 0 Å². The highest BCUT2D eigenvalue weighted by molar-refractivity contribution is 5.95. The van der Waals surface area contributed by atoms with Crippen LogP contribution in [0.1, 0.15) is 32.1 Å². The van der Waals surface area contributed by atoms with Crippen molar-refractivity contribution in [3.63, 3.8) is 0 Å². The number of hydrogen-bond donors (Lipinski definition) is 3. The lowest BCUT2D eigenvalue weighted by atomic mass is 9.88. The molecular weight excluding hydrogens is 412 g/mol. The number of carbonyl (C=O) groups is 1. The summed E-state index contributed by atoms with van der Waals surface area (Å²) in [6, 6.07) is 16.1. The molecule has 7 nitrogen and oxygen atoms in total. The zero-order valence-electron chi connectivity index (χ0n) is 18.1. The predicted octanol–water partition coefficient (Wildman–Crippen LogP) is 5.69. The third-order valence-electron chi connectivity index (χ3n) is 6.47. The van der Waals surface area contributed by atoms with Gasteiger partial charge in [0.2, 0.25) is 5.91 Å². The van der Waals surface area contributed by atoms with Crippen molar-refractivity contribution < 1.29 is 4.79 Å². The Hall–Kier alpha value is -4.00. The summed E-state index contributed by atoms with van der Waals surface area (Å²) in [5, 5.41) is 11.8. The number of hydrogen-bond acceptors (Lipinski definition) is 4. The Morgan fingerprint density at radius 2 is 1.85 bits per heavy atom. The van der Waals surface area contributed by atoms with Crippen molar-refractivity contribution in [2.75, 3.05) is 5.32 Å². The smallest absolute Gasteiger partial charge is 0.227 e. The molecule has 0 spiro atoms.